The minimum absolute atomic E-state index is 0.00190. The smallest absolute Gasteiger partial charge is 0.451 e. The fraction of sp³-hybridized carbons (Fsp3) is 0.406. The van der Waals surface area contributed by atoms with Crippen LogP contribution in [0, 0.1) is 18.3 Å². The van der Waals surface area contributed by atoms with Crippen LogP contribution in [0.25, 0.3) is 22.1 Å². The SMILES string of the molecule is C#Cc1cnc(O[C@H]2C[C@@H](C(C)=O)N(c3nc(C(F)(F)F)nc4c3oc3ccccc34)C2)c([C@@]2(F)CCN(C(C)=O)C[C@@H]2C)c1. The van der Waals surface area contributed by atoms with Gasteiger partial charge < -0.3 is 19.0 Å². The van der Waals surface area contributed by atoms with E-state index in [1.807, 2.05) is 0 Å². The number of rotatable bonds is 5. The molecule has 0 bridgehead atoms. The number of aromatic nitrogens is 3. The molecule has 9 nitrogen and oxygen atoms in total. The molecule has 4 aromatic rings. The number of alkyl halides is 4. The standard InChI is InChI=1S/C32H29F4N5O4/c1-5-20-12-23(31(33)10-11-40(19(4)43)15-17(31)2)29(37-14-20)44-21-13-24(18(3)42)41(16-21)28-27-26(38-30(39-28)32(34,35)36)22-8-6-7-9-25(22)45-27/h1,6-9,12,14,17,21,24H,10-11,13,15-16H2,2-4H3/t17-,21-,24-,31+/m0/s1. The Bertz CT molecular complexity index is 1870. The summed E-state index contributed by atoms with van der Waals surface area (Å²) in [6.07, 6.45) is 1.35. The van der Waals surface area contributed by atoms with Crippen LogP contribution in [0.15, 0.2) is 40.9 Å². The molecular weight excluding hydrogens is 594 g/mol. The second kappa shape index (κ2) is 11.0. The first-order valence-corrected chi connectivity index (χ1v) is 14.4. The van der Waals surface area contributed by atoms with Crippen LogP contribution in [0.5, 0.6) is 5.88 Å². The lowest BCUT2D eigenvalue weighted by molar-refractivity contribution is -0.144. The molecule has 0 unspecified atom stereocenters. The Labute approximate surface area is 255 Å². The summed E-state index contributed by atoms with van der Waals surface area (Å²) in [5.74, 6) is -0.262. The number of ketones is 1. The molecule has 0 N–H and O–H groups in total. The zero-order valence-electron chi connectivity index (χ0n) is 24.7. The number of piperidine rings is 1. The number of Topliss-reactive ketones (excluding diaryl/α,β-unsaturated/α-hetero) is 1. The van der Waals surface area contributed by atoms with E-state index in [0.29, 0.717) is 16.5 Å². The third kappa shape index (κ3) is 5.32. The highest BCUT2D eigenvalue weighted by Crippen LogP contribution is 2.46. The van der Waals surface area contributed by atoms with Gasteiger partial charge in [-0.15, -0.1) is 6.42 Å². The average Bonchev–Trinajstić information content (AvgIpc) is 3.59. The van der Waals surface area contributed by atoms with E-state index in [1.165, 1.54) is 31.0 Å². The quantitative estimate of drug-likeness (QED) is 0.214. The molecule has 2 aliphatic heterocycles. The summed E-state index contributed by atoms with van der Waals surface area (Å²) in [5, 5.41) is 0.369. The Morgan fingerprint density at radius 2 is 1.93 bits per heavy atom. The van der Waals surface area contributed by atoms with E-state index < -0.39 is 35.7 Å². The molecule has 3 aromatic heterocycles. The molecule has 2 aliphatic rings. The van der Waals surface area contributed by atoms with E-state index in [4.69, 9.17) is 15.6 Å². The highest BCUT2D eigenvalue weighted by Gasteiger charge is 2.47. The van der Waals surface area contributed by atoms with Gasteiger partial charge in [0.1, 0.15) is 22.9 Å². The van der Waals surface area contributed by atoms with Gasteiger partial charge in [0.25, 0.3) is 0 Å². The van der Waals surface area contributed by atoms with Crippen molar-refractivity contribution < 1.29 is 36.3 Å². The molecule has 0 radical (unpaired) electrons. The molecule has 4 atom stereocenters. The number of para-hydroxylation sites is 1. The van der Waals surface area contributed by atoms with Gasteiger partial charge in [-0.05, 0) is 25.1 Å². The Kier molecular flexibility index (Phi) is 7.42. The fourth-order valence-electron chi connectivity index (χ4n) is 6.28. The van der Waals surface area contributed by atoms with Gasteiger partial charge >= 0.3 is 6.18 Å². The number of fused-ring (bicyclic) bond motifs is 3. The monoisotopic (exact) mass is 623 g/mol. The first kappa shape index (κ1) is 30.3. The lowest BCUT2D eigenvalue weighted by atomic mass is 9.78. The van der Waals surface area contributed by atoms with Crippen molar-refractivity contribution in [2.24, 2.45) is 5.92 Å². The number of benzene rings is 1. The molecule has 2 saturated heterocycles. The third-order valence-corrected chi connectivity index (χ3v) is 8.67. The van der Waals surface area contributed by atoms with E-state index in [9.17, 15) is 22.8 Å². The van der Waals surface area contributed by atoms with E-state index in [1.54, 1.807) is 36.1 Å². The summed E-state index contributed by atoms with van der Waals surface area (Å²) in [6.45, 7) is 4.74. The Morgan fingerprint density at radius 1 is 1.18 bits per heavy atom. The zero-order valence-corrected chi connectivity index (χ0v) is 24.7. The summed E-state index contributed by atoms with van der Waals surface area (Å²) in [7, 11) is 0. The van der Waals surface area contributed by atoms with Crippen molar-refractivity contribution in [2.75, 3.05) is 24.5 Å². The van der Waals surface area contributed by atoms with Gasteiger partial charge in [0, 0.05) is 55.9 Å². The molecule has 234 valence electrons. The minimum Gasteiger partial charge on any atom is -0.472 e. The van der Waals surface area contributed by atoms with Crippen molar-refractivity contribution in [2.45, 2.75) is 57.6 Å². The van der Waals surface area contributed by atoms with Gasteiger partial charge in [-0.1, -0.05) is 25.0 Å². The Hall–Kier alpha value is -4.73. The maximum atomic E-state index is 16.8. The molecule has 0 aliphatic carbocycles. The van der Waals surface area contributed by atoms with Crippen LogP contribution in [0.4, 0.5) is 23.4 Å². The first-order chi connectivity index (χ1) is 21.3. The van der Waals surface area contributed by atoms with E-state index in [2.05, 4.69) is 20.9 Å². The van der Waals surface area contributed by atoms with Gasteiger partial charge in [-0.25, -0.2) is 19.3 Å². The second-order valence-electron chi connectivity index (χ2n) is 11.6. The van der Waals surface area contributed by atoms with E-state index in [-0.39, 0.29) is 72.5 Å². The maximum Gasteiger partial charge on any atom is 0.451 e. The van der Waals surface area contributed by atoms with Crippen LogP contribution >= 0.6 is 0 Å². The summed E-state index contributed by atoms with van der Waals surface area (Å²) in [6, 6.07) is 7.11. The number of furan rings is 1. The van der Waals surface area contributed by atoms with Crippen molar-refractivity contribution in [1.29, 1.82) is 0 Å². The number of carbonyl (C=O) groups excluding carboxylic acids is 2. The summed E-state index contributed by atoms with van der Waals surface area (Å²) >= 11 is 0. The number of nitrogens with zero attached hydrogens (tertiary/aromatic N) is 5. The lowest BCUT2D eigenvalue weighted by Gasteiger charge is -2.41. The normalized spacial score (nSPS) is 23.8. The molecule has 5 heterocycles. The van der Waals surface area contributed by atoms with Gasteiger partial charge in [0.15, 0.2) is 17.2 Å². The molecule has 6 rings (SSSR count). The predicted molar refractivity (Wildman–Crippen MR) is 156 cm³/mol. The number of halogens is 4. The number of hydrogen-bond acceptors (Lipinski definition) is 8. The number of pyridine rings is 1. The van der Waals surface area contributed by atoms with Crippen LogP contribution in [-0.4, -0.2) is 63.3 Å². The molecule has 0 spiro atoms. The van der Waals surface area contributed by atoms with E-state index >= 15 is 4.39 Å². The second-order valence-corrected chi connectivity index (χ2v) is 11.6. The number of anilines is 1. The van der Waals surface area contributed by atoms with Crippen LogP contribution in [0.3, 0.4) is 0 Å². The summed E-state index contributed by atoms with van der Waals surface area (Å²) < 4.78 is 71.0. The van der Waals surface area contributed by atoms with Crippen molar-refractivity contribution in [3.63, 3.8) is 0 Å². The van der Waals surface area contributed by atoms with E-state index in [0.717, 1.165) is 0 Å². The van der Waals surface area contributed by atoms with Gasteiger partial charge in [-0.2, -0.15) is 13.2 Å². The molecule has 1 aromatic carbocycles. The fourth-order valence-corrected chi connectivity index (χ4v) is 6.28. The number of amides is 1. The van der Waals surface area contributed by atoms with Gasteiger partial charge in [0.05, 0.1) is 18.2 Å². The molecule has 13 heteroatoms. The maximum absolute atomic E-state index is 16.8. The molecule has 45 heavy (non-hydrogen) atoms. The Morgan fingerprint density at radius 3 is 2.60 bits per heavy atom. The van der Waals surface area contributed by atoms with Gasteiger partial charge in [-0.3, -0.25) is 9.59 Å². The average molecular weight is 624 g/mol. The molecule has 2 fully saturated rings. The third-order valence-electron chi connectivity index (χ3n) is 8.67. The predicted octanol–water partition coefficient (Wildman–Crippen LogP) is 5.44. The minimum atomic E-state index is -4.87. The van der Waals surface area contributed by atoms with Crippen LogP contribution in [0.1, 0.15) is 50.6 Å². The molecule has 1 amide bonds. The molecular formula is C32H29F4N5O4. The van der Waals surface area contributed by atoms with Crippen LogP contribution in [0.2, 0.25) is 0 Å². The molecule has 0 saturated carbocycles. The zero-order chi connectivity index (χ0) is 32.3. The number of carbonyl (C=O) groups is 2. The number of terminal acetylenes is 1. The highest BCUT2D eigenvalue weighted by molar-refractivity contribution is 6.06. The van der Waals surface area contributed by atoms with Crippen LogP contribution < -0.4 is 9.64 Å². The Balaban J connectivity index is 1.39. The van der Waals surface area contributed by atoms with Gasteiger partial charge in [0.2, 0.25) is 17.6 Å². The number of likely N-dealkylation sites (tertiary alicyclic amines) is 1. The largest absolute Gasteiger partial charge is 0.472 e. The van der Waals surface area contributed by atoms with Crippen molar-refractivity contribution in [1.82, 2.24) is 19.9 Å². The number of ether oxygens (including phenoxy) is 1. The first-order valence-electron chi connectivity index (χ1n) is 14.4. The topological polar surface area (TPSA) is 102 Å². The summed E-state index contributed by atoms with van der Waals surface area (Å²) in [5.41, 5.74) is -1.20. The van der Waals surface area contributed by atoms with Crippen LogP contribution in [-0.2, 0) is 21.4 Å². The summed E-state index contributed by atoms with van der Waals surface area (Å²) in [4.78, 5) is 39.8. The highest BCUT2D eigenvalue weighted by atomic mass is 19.4. The number of hydrogen-bond donors (Lipinski definition) is 0. The lowest BCUT2D eigenvalue weighted by Crippen LogP contribution is -2.48. The van der Waals surface area contributed by atoms with Crippen molar-refractivity contribution in [3.8, 4) is 18.2 Å². The van der Waals surface area contributed by atoms with Crippen molar-refractivity contribution in [3.05, 3.63) is 53.5 Å². The van der Waals surface area contributed by atoms with Crippen molar-refractivity contribution >= 4 is 39.6 Å².